The fourth-order valence-electron chi connectivity index (χ4n) is 2.66. The molecule has 1 aliphatic carbocycles. The van der Waals surface area contributed by atoms with Crippen LogP contribution in [0.5, 0.6) is 0 Å². The third-order valence-corrected chi connectivity index (χ3v) is 3.75. The molecule has 1 rings (SSSR count). The average molecular weight is 227 g/mol. The van der Waals surface area contributed by atoms with E-state index in [4.69, 9.17) is 10.2 Å². The van der Waals surface area contributed by atoms with Crippen molar-refractivity contribution in [2.24, 2.45) is 11.8 Å². The van der Waals surface area contributed by atoms with E-state index < -0.39 is 0 Å². The first-order chi connectivity index (χ1) is 7.86. The van der Waals surface area contributed by atoms with Crippen molar-refractivity contribution in [3.8, 4) is 0 Å². The van der Waals surface area contributed by atoms with Crippen LogP contribution in [0.25, 0.3) is 0 Å². The Morgan fingerprint density at radius 3 is 2.12 bits per heavy atom. The number of hydrogen-bond acceptors (Lipinski definition) is 2. The summed E-state index contributed by atoms with van der Waals surface area (Å²) in [5, 5.41) is 17.5. The fraction of sp³-hybridized carbons (Fsp3) is 0.929. The highest BCUT2D eigenvalue weighted by atomic mass is 16.3. The lowest BCUT2D eigenvalue weighted by Crippen LogP contribution is -2.15. The van der Waals surface area contributed by atoms with Gasteiger partial charge in [-0.25, -0.2) is 0 Å². The summed E-state index contributed by atoms with van der Waals surface area (Å²) in [6.07, 6.45) is 13.3. The summed E-state index contributed by atoms with van der Waals surface area (Å²) in [4.78, 5) is 0. The van der Waals surface area contributed by atoms with Gasteiger partial charge in [-0.1, -0.05) is 32.1 Å². The second-order valence-corrected chi connectivity index (χ2v) is 5.11. The zero-order valence-electron chi connectivity index (χ0n) is 10.4. The van der Waals surface area contributed by atoms with Crippen LogP contribution in [0.1, 0.15) is 57.8 Å². The van der Waals surface area contributed by atoms with E-state index in [1.807, 2.05) is 0 Å². The van der Waals surface area contributed by atoms with E-state index in [-0.39, 0.29) is 0 Å². The van der Waals surface area contributed by atoms with Crippen molar-refractivity contribution in [2.75, 3.05) is 13.2 Å². The molecule has 2 atom stereocenters. The summed E-state index contributed by atoms with van der Waals surface area (Å²) in [6.45, 7) is 0.691. The molecule has 1 aliphatic rings. The molecule has 0 aromatic carbocycles. The fourth-order valence-corrected chi connectivity index (χ4v) is 2.66. The smallest absolute Gasteiger partial charge is 0.0431 e. The molecule has 2 N–H and O–H groups in total. The van der Waals surface area contributed by atoms with Crippen molar-refractivity contribution in [3.05, 3.63) is 6.42 Å². The van der Waals surface area contributed by atoms with Gasteiger partial charge in [0.05, 0.1) is 0 Å². The highest BCUT2D eigenvalue weighted by molar-refractivity contribution is 4.85. The van der Waals surface area contributed by atoms with Gasteiger partial charge in [-0.2, -0.15) is 0 Å². The van der Waals surface area contributed by atoms with Gasteiger partial charge in [0.15, 0.2) is 0 Å². The topological polar surface area (TPSA) is 40.5 Å². The van der Waals surface area contributed by atoms with Crippen LogP contribution in [-0.2, 0) is 0 Å². The minimum absolute atomic E-state index is 0.344. The minimum atomic E-state index is 0.344. The first-order valence-corrected chi connectivity index (χ1v) is 6.92. The average Bonchev–Trinajstić information content (AvgIpc) is 2.32. The Hall–Kier alpha value is -0.0800. The summed E-state index contributed by atoms with van der Waals surface area (Å²) in [5.74, 6) is 1.68. The van der Waals surface area contributed by atoms with Crippen molar-refractivity contribution in [2.45, 2.75) is 57.8 Å². The van der Waals surface area contributed by atoms with Gasteiger partial charge in [-0.05, 0) is 43.9 Å². The van der Waals surface area contributed by atoms with Crippen LogP contribution in [0.15, 0.2) is 0 Å². The highest BCUT2D eigenvalue weighted by Crippen LogP contribution is 2.33. The molecule has 1 saturated carbocycles. The van der Waals surface area contributed by atoms with Crippen molar-refractivity contribution < 1.29 is 10.2 Å². The minimum Gasteiger partial charge on any atom is -0.396 e. The maximum absolute atomic E-state index is 8.73. The van der Waals surface area contributed by atoms with Crippen LogP contribution in [0.2, 0.25) is 0 Å². The molecule has 2 unspecified atom stereocenters. The Labute approximate surface area is 100 Å². The van der Waals surface area contributed by atoms with Crippen molar-refractivity contribution in [3.63, 3.8) is 0 Å². The predicted molar refractivity (Wildman–Crippen MR) is 67.0 cm³/mol. The summed E-state index contributed by atoms with van der Waals surface area (Å²) in [7, 11) is 0. The summed E-state index contributed by atoms with van der Waals surface area (Å²) in [6, 6.07) is 0. The maximum atomic E-state index is 8.73. The van der Waals surface area contributed by atoms with Crippen LogP contribution in [-0.4, -0.2) is 23.4 Å². The molecule has 16 heavy (non-hydrogen) atoms. The number of unbranched alkanes of at least 4 members (excludes halogenated alkanes) is 2. The van der Waals surface area contributed by atoms with Gasteiger partial charge in [0.1, 0.15) is 0 Å². The Morgan fingerprint density at radius 2 is 1.56 bits per heavy atom. The lowest BCUT2D eigenvalue weighted by Gasteiger charge is -2.28. The first-order valence-electron chi connectivity index (χ1n) is 6.92. The molecule has 1 radical (unpaired) electrons. The third kappa shape index (κ3) is 5.86. The zero-order chi connectivity index (χ0) is 11.6. The van der Waals surface area contributed by atoms with Gasteiger partial charge in [0, 0.05) is 13.2 Å². The van der Waals surface area contributed by atoms with Gasteiger partial charge in [0.2, 0.25) is 0 Å². The molecule has 0 heterocycles. The Bertz CT molecular complexity index is 133. The number of rotatable bonds is 8. The van der Waals surface area contributed by atoms with Crippen LogP contribution in [0, 0.1) is 18.3 Å². The zero-order valence-corrected chi connectivity index (χ0v) is 10.4. The highest BCUT2D eigenvalue weighted by Gasteiger charge is 2.20. The van der Waals surface area contributed by atoms with E-state index in [0.29, 0.717) is 13.2 Å². The van der Waals surface area contributed by atoms with E-state index >= 15 is 0 Å². The van der Waals surface area contributed by atoms with Crippen molar-refractivity contribution >= 4 is 0 Å². The first kappa shape index (κ1) is 14.0. The van der Waals surface area contributed by atoms with Crippen LogP contribution >= 0.6 is 0 Å². The molecule has 2 heteroatoms. The largest absolute Gasteiger partial charge is 0.396 e. The molecule has 2 nitrogen and oxygen atoms in total. The second kappa shape index (κ2) is 9.00. The van der Waals surface area contributed by atoms with Gasteiger partial charge < -0.3 is 10.2 Å². The van der Waals surface area contributed by atoms with Crippen molar-refractivity contribution in [1.82, 2.24) is 0 Å². The quantitative estimate of drug-likeness (QED) is 0.626. The number of hydrogen-bond donors (Lipinski definition) is 2. The molecular weight excluding hydrogens is 200 g/mol. The van der Waals surface area contributed by atoms with Gasteiger partial charge in [-0.3, -0.25) is 0 Å². The van der Waals surface area contributed by atoms with Crippen LogP contribution in [0.4, 0.5) is 0 Å². The molecule has 0 spiro atoms. The summed E-state index contributed by atoms with van der Waals surface area (Å²) in [5.41, 5.74) is 0. The Balaban J connectivity index is 2.00. The van der Waals surface area contributed by atoms with Crippen LogP contribution in [0.3, 0.4) is 0 Å². The third-order valence-electron chi connectivity index (χ3n) is 3.75. The molecular formula is C14H27O2. The lowest BCUT2D eigenvalue weighted by molar-refractivity contribution is 0.256. The Morgan fingerprint density at radius 1 is 0.875 bits per heavy atom. The normalized spacial score (nSPS) is 25.9. The van der Waals surface area contributed by atoms with Crippen molar-refractivity contribution in [1.29, 1.82) is 0 Å². The molecule has 0 amide bonds. The SMILES string of the molecule is OCCCCC1[CH]CC(CCCCO)CC1. The summed E-state index contributed by atoms with van der Waals surface area (Å²) < 4.78 is 0. The number of aliphatic hydroxyl groups excluding tert-OH is 2. The van der Waals surface area contributed by atoms with Gasteiger partial charge in [-0.15, -0.1) is 0 Å². The van der Waals surface area contributed by atoms with E-state index in [0.717, 1.165) is 24.7 Å². The van der Waals surface area contributed by atoms with Crippen LogP contribution < -0.4 is 0 Å². The maximum Gasteiger partial charge on any atom is 0.0431 e. The molecule has 0 aliphatic heterocycles. The molecule has 0 aromatic heterocycles. The molecule has 0 saturated heterocycles. The molecule has 0 bridgehead atoms. The van der Waals surface area contributed by atoms with E-state index in [9.17, 15) is 0 Å². The van der Waals surface area contributed by atoms with E-state index in [2.05, 4.69) is 6.42 Å². The predicted octanol–water partition coefficient (Wildman–Crippen LogP) is 2.93. The Kier molecular flexibility index (Phi) is 7.87. The monoisotopic (exact) mass is 227 g/mol. The standard InChI is InChI=1S/C14H27O2/c15-11-3-1-5-13-7-9-14(10-8-13)6-2-4-12-16/h7,13-16H,1-6,8-12H2. The molecule has 95 valence electrons. The van der Waals surface area contributed by atoms with Gasteiger partial charge in [0.25, 0.3) is 0 Å². The summed E-state index contributed by atoms with van der Waals surface area (Å²) >= 11 is 0. The second-order valence-electron chi connectivity index (χ2n) is 5.11. The molecule has 0 aromatic rings. The number of aliphatic hydroxyl groups is 2. The van der Waals surface area contributed by atoms with E-state index in [1.54, 1.807) is 0 Å². The van der Waals surface area contributed by atoms with E-state index in [1.165, 1.54) is 44.9 Å². The van der Waals surface area contributed by atoms with Gasteiger partial charge >= 0.3 is 0 Å². The lowest BCUT2D eigenvalue weighted by atomic mass is 9.78. The molecule has 1 fully saturated rings.